The van der Waals surface area contributed by atoms with Gasteiger partial charge in [0.15, 0.2) is 0 Å². The predicted molar refractivity (Wildman–Crippen MR) is 349 cm³/mol. The molecule has 5 aromatic rings. The fourth-order valence-corrected chi connectivity index (χ4v) is 18.1. The molecule has 11 aliphatic rings. The van der Waals surface area contributed by atoms with Crippen molar-refractivity contribution in [2.45, 2.75) is 167 Å². The molecule has 0 radical (unpaired) electrons. The number of hydrogen-bond acceptors (Lipinski definition) is 16. The number of hydrogen-bond donors (Lipinski definition) is 0. The van der Waals surface area contributed by atoms with Crippen molar-refractivity contribution < 1.29 is 90.2 Å². The van der Waals surface area contributed by atoms with Gasteiger partial charge in [-0.1, -0.05) is 205 Å². The summed E-state index contributed by atoms with van der Waals surface area (Å²) in [5, 5.41) is 0. The zero-order valence-corrected chi connectivity index (χ0v) is 51.8. The van der Waals surface area contributed by atoms with Gasteiger partial charge in [0, 0.05) is 7.34 Å². The molecule has 8 heterocycles. The Hall–Kier alpha value is -7.43. The van der Waals surface area contributed by atoms with Gasteiger partial charge in [0.2, 0.25) is 0 Å². The van der Waals surface area contributed by atoms with Crippen molar-refractivity contribution in [3.8, 4) is 0 Å². The molecule has 3 aliphatic carbocycles. The van der Waals surface area contributed by atoms with Crippen LogP contribution < -0.4 is 0 Å². The first-order valence-electron chi connectivity index (χ1n) is 33.0. The van der Waals surface area contributed by atoms with Gasteiger partial charge >= 0.3 is 55.9 Å². The van der Waals surface area contributed by atoms with E-state index < -0.39 is 31.6 Å². The summed E-state index contributed by atoms with van der Waals surface area (Å²) < 4.78 is 61.0. The summed E-state index contributed by atoms with van der Waals surface area (Å²) in [5.41, 5.74) is 4.38. The first kappa shape index (κ1) is 65.6. The minimum atomic E-state index is -2.30. The van der Waals surface area contributed by atoms with E-state index in [9.17, 15) is 28.8 Å². The van der Waals surface area contributed by atoms with Crippen molar-refractivity contribution in [3.63, 3.8) is 0 Å². The van der Waals surface area contributed by atoms with Crippen LogP contribution in [0, 0.1) is 5.92 Å². The molecule has 93 heavy (non-hydrogen) atoms. The van der Waals surface area contributed by atoms with Crippen LogP contribution in [0.25, 0.3) is 6.08 Å². The molecule has 8 aliphatic heterocycles. The summed E-state index contributed by atoms with van der Waals surface area (Å²) in [6, 6.07) is 49.2. The zero-order valence-electron chi connectivity index (χ0n) is 51.8. The molecule has 9 atom stereocenters. The third-order valence-electron chi connectivity index (χ3n) is 22.4. The van der Waals surface area contributed by atoms with Gasteiger partial charge in [-0.05, 0) is 86.1 Å². The molecule has 494 valence electrons. The Balaban J connectivity index is 0.000000142. The largest absolute Gasteiger partial charge is 0.618 e. The van der Waals surface area contributed by atoms with Crippen LogP contribution in [0.1, 0.15) is 141 Å². The SMILES string of the molecule is C.C.C[C@@H](C1CCCCC1)[N+]12CC(=O)O[B-]1([C@]1(C)O[C@H]1c1ccccc1)OC(=O)C2.O=C1C[N+]2([C@@H]3CCC[C@H]3OCc3ccccc3)CC(=O)O[B-]2(/C=C/c2ccccc2)O1.O=C1C[N+]2([C@@H]3CCC[C@H]3OCc3ccccc3)CC(=O)O[B-]2(C2OC2c2ccccc2)O1.[HH]. The molecule has 0 spiro atoms. The highest BCUT2D eigenvalue weighted by molar-refractivity contribution is 6.72. The number of nitrogens with zero attached hydrogens (tertiary/aromatic N) is 3. The van der Waals surface area contributed by atoms with E-state index in [4.69, 9.17) is 46.9 Å². The number of epoxide rings is 2. The van der Waals surface area contributed by atoms with Crippen LogP contribution in [0.2, 0.25) is 0 Å². The van der Waals surface area contributed by atoms with Crippen LogP contribution in [0.4, 0.5) is 0 Å². The summed E-state index contributed by atoms with van der Waals surface area (Å²) in [6.07, 6.45) is 12.7. The van der Waals surface area contributed by atoms with Crippen molar-refractivity contribution in [3.05, 3.63) is 185 Å². The molecule has 22 heteroatoms. The normalized spacial score (nSPS) is 36.2. The summed E-state index contributed by atoms with van der Waals surface area (Å²) in [4.78, 5) is 75.7. The number of fused-ring (bicyclic) bond motifs is 3. The topological polar surface area (TPSA) is 201 Å². The Morgan fingerprint density at radius 3 is 1.47 bits per heavy atom. The molecule has 0 aromatic heterocycles. The molecule has 0 amide bonds. The number of quaternary nitrogens is 3. The third kappa shape index (κ3) is 11.5. The molecular formula is C71H90B3N3O16. The van der Waals surface area contributed by atoms with E-state index in [1.165, 1.54) is 19.3 Å². The third-order valence-corrected chi connectivity index (χ3v) is 22.4. The zero-order chi connectivity index (χ0) is 62.6. The number of carbonyl (C=O) groups is 6. The van der Waals surface area contributed by atoms with E-state index in [0.29, 0.717) is 19.1 Å². The van der Waals surface area contributed by atoms with Crippen molar-refractivity contribution in [2.75, 3.05) is 39.3 Å². The predicted octanol–water partition coefficient (Wildman–Crippen LogP) is 10.3. The molecular weight excluding hydrogens is 1180 g/mol. The van der Waals surface area contributed by atoms with Gasteiger partial charge in [-0.25, -0.2) is 0 Å². The van der Waals surface area contributed by atoms with Gasteiger partial charge in [0.25, 0.3) is 0 Å². The summed E-state index contributed by atoms with van der Waals surface area (Å²) in [5.74, 6) is 0.423. The van der Waals surface area contributed by atoms with Crippen molar-refractivity contribution in [1.82, 2.24) is 0 Å². The Labute approximate surface area is 547 Å². The van der Waals surface area contributed by atoms with E-state index in [0.717, 1.165) is 79.2 Å². The Kier molecular flexibility index (Phi) is 18.4. The Bertz CT molecular complexity index is 3520. The van der Waals surface area contributed by atoms with Crippen LogP contribution in [0.5, 0.6) is 0 Å². The summed E-state index contributed by atoms with van der Waals surface area (Å²) >= 11 is 0. The molecule has 0 N–H and O–H groups in total. The molecule has 19 nitrogen and oxygen atoms in total. The monoisotopic (exact) mass is 1270 g/mol. The molecule has 2 unspecified atom stereocenters. The van der Waals surface area contributed by atoms with Crippen molar-refractivity contribution in [2.24, 2.45) is 5.92 Å². The second-order valence-electron chi connectivity index (χ2n) is 27.4. The summed E-state index contributed by atoms with van der Waals surface area (Å²) in [7, 11) is 0. The summed E-state index contributed by atoms with van der Waals surface area (Å²) in [6.45, 7) is -0.774. The average molecular weight is 1270 g/mol. The number of rotatable bonds is 16. The lowest BCUT2D eigenvalue weighted by Crippen LogP contribution is -2.74. The van der Waals surface area contributed by atoms with E-state index in [-0.39, 0.29) is 147 Å². The number of benzene rings is 5. The van der Waals surface area contributed by atoms with Gasteiger partial charge in [-0.3, -0.25) is 28.8 Å². The van der Waals surface area contributed by atoms with E-state index in [1.807, 2.05) is 165 Å². The maximum absolute atomic E-state index is 12.7. The van der Waals surface area contributed by atoms with Gasteiger partial charge in [-0.15, -0.1) is 0 Å². The van der Waals surface area contributed by atoms with E-state index in [2.05, 4.69) is 6.92 Å². The first-order valence-corrected chi connectivity index (χ1v) is 33.0. The lowest BCUT2D eigenvalue weighted by molar-refractivity contribution is -0.847. The number of carbonyl (C=O) groups excluding carboxylic acids is 6. The first-order chi connectivity index (χ1) is 44.1. The lowest BCUT2D eigenvalue weighted by Gasteiger charge is -2.52. The highest BCUT2D eigenvalue weighted by Gasteiger charge is 2.85. The highest BCUT2D eigenvalue weighted by atomic mass is 16.7. The van der Waals surface area contributed by atoms with Crippen LogP contribution >= 0.6 is 0 Å². The molecule has 16 rings (SSSR count). The smallest absolute Gasteiger partial charge is 0.598 e. The van der Waals surface area contributed by atoms with Crippen LogP contribution in [0.15, 0.2) is 158 Å². The minimum Gasteiger partial charge on any atom is -0.598 e. The number of ether oxygens (including phenoxy) is 4. The second-order valence-corrected chi connectivity index (χ2v) is 27.4. The standard InChI is InChI=1S/C24H26BNO6.C24H26BNO5.C21H28BNO5.2CH4.H2/c27-21-14-26(19-12-7-13-20(19)29-16-17-8-3-1-4-9-17)15-22(28)32-25(26,31-21)24-23(30-24)18-10-5-2-6-11-18;27-23-16-26(21-12-7-13-22(21)29-18-20-10-5-2-6-11-20)17-24(28)31-25(26,30-23)15-14-19-8-3-1-4-9-19;1-15(16-9-5-3-6-10-16)23-13-18(24)27-22(23,28-19(25)14-23)21(2)20(26-21)17-11-7-4-8-12-17;;;/h1-6,8-11,19-20,23-24H,7,12-16H2;1-6,8-11,14-15,21-22H,7,12-13,16-18H2;4,7-8,11-12,15-16,20H,3,5-6,9-10,13-14H2,1-2H3;2*1H4;1H/b;15-14+;;;;/t19-,20-,23?,24?,25?,26?;21-,22-,25?,26?;15-,20-,21+,22?,23?;;;/m110.../s1. The minimum absolute atomic E-state index is 0. The van der Waals surface area contributed by atoms with Gasteiger partial charge in [0.05, 0.1) is 43.5 Å². The molecule has 3 saturated carbocycles. The average Bonchev–Trinajstić information content (AvgIpc) is 1.50. The van der Waals surface area contributed by atoms with Crippen molar-refractivity contribution in [1.29, 1.82) is 0 Å². The van der Waals surface area contributed by atoms with Gasteiger partial charge < -0.3 is 60.1 Å². The molecule has 11 fully saturated rings. The maximum atomic E-state index is 12.7. The fraction of sp³-hybridized carbons (Fsp3) is 0.465. The quantitative estimate of drug-likeness (QED) is 0.0666. The Morgan fingerprint density at radius 1 is 0.516 bits per heavy atom. The van der Waals surface area contributed by atoms with Gasteiger partial charge in [0.1, 0.15) is 63.0 Å². The van der Waals surface area contributed by atoms with E-state index in [1.54, 1.807) is 5.98 Å². The lowest BCUT2D eigenvalue weighted by atomic mass is 9.52. The van der Waals surface area contributed by atoms with Gasteiger partial charge in [-0.2, -0.15) is 0 Å². The second kappa shape index (κ2) is 26.1. The van der Waals surface area contributed by atoms with Crippen LogP contribution in [0.3, 0.4) is 0 Å². The molecule has 8 saturated heterocycles. The fourth-order valence-electron chi connectivity index (χ4n) is 18.1. The van der Waals surface area contributed by atoms with Crippen LogP contribution in [-0.2, 0) is 88.9 Å². The Morgan fingerprint density at radius 2 is 0.957 bits per heavy atom. The van der Waals surface area contributed by atoms with Crippen molar-refractivity contribution >= 4 is 62.0 Å². The molecule has 5 aromatic carbocycles. The van der Waals surface area contributed by atoms with Crippen LogP contribution in [-0.4, -0.2) is 150 Å². The molecule has 0 bridgehead atoms. The maximum Gasteiger partial charge on any atom is 0.618 e. The van der Waals surface area contributed by atoms with E-state index >= 15 is 0 Å². The highest BCUT2D eigenvalue weighted by Crippen LogP contribution is 2.62.